The molecule has 0 aliphatic carbocycles. The normalized spacial score (nSPS) is 16.0. The van der Waals surface area contributed by atoms with Gasteiger partial charge in [-0.15, -0.1) is 0 Å². The van der Waals surface area contributed by atoms with E-state index in [4.69, 9.17) is 0 Å². The summed E-state index contributed by atoms with van der Waals surface area (Å²) in [6.45, 7) is 4.32. The lowest BCUT2D eigenvalue weighted by atomic mass is 10.1. The average Bonchev–Trinajstić information content (AvgIpc) is 3.22. The Labute approximate surface area is 182 Å². The lowest BCUT2D eigenvalue weighted by Crippen LogP contribution is -2.44. The van der Waals surface area contributed by atoms with E-state index in [9.17, 15) is 18.0 Å². The van der Waals surface area contributed by atoms with Crippen molar-refractivity contribution < 1.29 is 18.0 Å². The van der Waals surface area contributed by atoms with Crippen LogP contribution in [-0.4, -0.2) is 38.7 Å². The molecule has 2 N–H and O–H groups in total. The second-order valence-electron chi connectivity index (χ2n) is 7.67. The zero-order valence-corrected chi connectivity index (χ0v) is 17.7. The van der Waals surface area contributed by atoms with Crippen LogP contribution in [0.1, 0.15) is 29.4 Å². The lowest BCUT2D eigenvalue weighted by molar-refractivity contribution is -0.141. The summed E-state index contributed by atoms with van der Waals surface area (Å²) in [5, 5.41) is 9.59. The van der Waals surface area contributed by atoms with E-state index in [1.807, 2.05) is 43.1 Å². The van der Waals surface area contributed by atoms with Crippen LogP contribution in [0.15, 0.2) is 36.5 Å². The molecule has 3 heterocycles. The van der Waals surface area contributed by atoms with E-state index in [2.05, 4.69) is 25.7 Å². The van der Waals surface area contributed by atoms with E-state index < -0.39 is 11.9 Å². The molecule has 2 aromatic heterocycles. The Hall–Kier alpha value is -3.63. The SMILES string of the molecule is Cc1nc(NCc2ccc(Cn3ccc(C(F)(F)F)n3)cc2)nc2c1NC(=O)[C@H](C)N2C. The Kier molecular flexibility index (Phi) is 5.49. The van der Waals surface area contributed by atoms with Crippen molar-refractivity contribution in [3.63, 3.8) is 0 Å². The molecule has 1 aromatic carbocycles. The van der Waals surface area contributed by atoms with E-state index in [1.54, 1.807) is 6.92 Å². The van der Waals surface area contributed by atoms with Gasteiger partial charge in [0, 0.05) is 19.8 Å². The first-order valence-corrected chi connectivity index (χ1v) is 9.96. The first-order chi connectivity index (χ1) is 15.1. The third-order valence-electron chi connectivity index (χ3n) is 5.36. The van der Waals surface area contributed by atoms with Crippen LogP contribution in [0, 0.1) is 6.92 Å². The molecule has 0 radical (unpaired) electrons. The molecule has 32 heavy (non-hydrogen) atoms. The van der Waals surface area contributed by atoms with E-state index in [0.29, 0.717) is 29.7 Å². The van der Waals surface area contributed by atoms with Crippen molar-refractivity contribution in [2.24, 2.45) is 0 Å². The van der Waals surface area contributed by atoms with Gasteiger partial charge < -0.3 is 15.5 Å². The smallest absolute Gasteiger partial charge is 0.350 e. The number of alkyl halides is 3. The summed E-state index contributed by atoms with van der Waals surface area (Å²) in [7, 11) is 1.81. The van der Waals surface area contributed by atoms with Crippen LogP contribution in [-0.2, 0) is 24.1 Å². The van der Waals surface area contributed by atoms with Gasteiger partial charge in [0.2, 0.25) is 11.9 Å². The van der Waals surface area contributed by atoms with Gasteiger partial charge in [-0.2, -0.15) is 23.3 Å². The molecule has 11 heteroatoms. The van der Waals surface area contributed by atoms with Gasteiger partial charge in [0.1, 0.15) is 11.7 Å². The number of carbonyl (C=O) groups excluding carboxylic acids is 1. The standard InChI is InChI=1S/C21H22F3N7O/c1-12-17-18(30(3)13(2)19(32)27-17)28-20(26-12)25-10-14-4-6-15(7-5-14)11-31-9-8-16(29-31)21(22,23)24/h4-9,13H,10-11H2,1-3H3,(H,27,32)(H,25,26,28)/t13-/m0/s1. The van der Waals surface area contributed by atoms with Gasteiger partial charge in [-0.1, -0.05) is 24.3 Å². The average molecular weight is 445 g/mol. The summed E-state index contributed by atoms with van der Waals surface area (Å²) in [6, 6.07) is 8.08. The molecule has 1 amide bonds. The van der Waals surface area contributed by atoms with Crippen molar-refractivity contribution in [2.75, 3.05) is 22.6 Å². The summed E-state index contributed by atoms with van der Waals surface area (Å²) in [5.41, 5.74) is 2.16. The Morgan fingerprint density at radius 2 is 1.81 bits per heavy atom. The fourth-order valence-corrected chi connectivity index (χ4v) is 3.36. The number of hydrogen-bond acceptors (Lipinski definition) is 6. The van der Waals surface area contributed by atoms with Gasteiger partial charge in [-0.05, 0) is 31.0 Å². The molecular formula is C21H22F3N7O. The molecule has 4 rings (SSSR count). The van der Waals surface area contributed by atoms with Gasteiger partial charge in [0.05, 0.1) is 12.2 Å². The van der Waals surface area contributed by atoms with E-state index >= 15 is 0 Å². The summed E-state index contributed by atoms with van der Waals surface area (Å²) in [5.74, 6) is 0.994. The van der Waals surface area contributed by atoms with Crippen LogP contribution in [0.2, 0.25) is 0 Å². The van der Waals surface area contributed by atoms with Crippen molar-refractivity contribution in [2.45, 2.75) is 39.2 Å². The number of aryl methyl sites for hydroxylation is 1. The first-order valence-electron chi connectivity index (χ1n) is 9.96. The zero-order valence-electron chi connectivity index (χ0n) is 17.7. The van der Waals surface area contributed by atoms with Crippen LogP contribution in [0.25, 0.3) is 0 Å². The van der Waals surface area contributed by atoms with Gasteiger partial charge in [0.25, 0.3) is 0 Å². The predicted molar refractivity (Wildman–Crippen MR) is 113 cm³/mol. The Balaban J connectivity index is 1.41. The molecule has 0 bridgehead atoms. The molecule has 1 aliphatic rings. The molecule has 0 spiro atoms. The second-order valence-corrected chi connectivity index (χ2v) is 7.67. The van der Waals surface area contributed by atoms with Crippen molar-refractivity contribution >= 4 is 23.4 Å². The van der Waals surface area contributed by atoms with E-state index in [-0.39, 0.29) is 18.5 Å². The zero-order chi connectivity index (χ0) is 23.0. The number of aromatic nitrogens is 4. The first kappa shape index (κ1) is 21.6. The monoisotopic (exact) mass is 445 g/mol. The molecule has 1 atom stereocenters. The van der Waals surface area contributed by atoms with Crippen LogP contribution in [0.5, 0.6) is 0 Å². The van der Waals surface area contributed by atoms with Gasteiger partial charge >= 0.3 is 6.18 Å². The number of amides is 1. The number of rotatable bonds is 5. The van der Waals surface area contributed by atoms with E-state index in [0.717, 1.165) is 17.2 Å². The van der Waals surface area contributed by atoms with Gasteiger partial charge in [0.15, 0.2) is 11.5 Å². The summed E-state index contributed by atoms with van der Waals surface area (Å²) in [6.07, 6.45) is -3.13. The molecular weight excluding hydrogens is 423 g/mol. The highest BCUT2D eigenvalue weighted by Gasteiger charge is 2.33. The Morgan fingerprint density at radius 1 is 1.12 bits per heavy atom. The van der Waals surface area contributed by atoms with Crippen molar-refractivity contribution in [3.05, 3.63) is 59.0 Å². The minimum atomic E-state index is -4.45. The van der Waals surface area contributed by atoms with Crippen LogP contribution in [0.3, 0.4) is 0 Å². The number of likely N-dealkylation sites (N-methyl/N-ethyl adjacent to an activating group) is 1. The van der Waals surface area contributed by atoms with E-state index in [1.165, 1.54) is 10.9 Å². The molecule has 0 unspecified atom stereocenters. The number of fused-ring (bicyclic) bond motifs is 1. The highest BCUT2D eigenvalue weighted by atomic mass is 19.4. The highest BCUT2D eigenvalue weighted by molar-refractivity contribution is 6.03. The lowest BCUT2D eigenvalue weighted by Gasteiger charge is -2.32. The Bertz CT molecular complexity index is 1140. The number of hydrogen-bond donors (Lipinski definition) is 2. The fraction of sp³-hybridized carbons (Fsp3) is 0.333. The summed E-state index contributed by atoms with van der Waals surface area (Å²) < 4.78 is 39.3. The number of nitrogens with one attached hydrogen (secondary N) is 2. The fourth-order valence-electron chi connectivity index (χ4n) is 3.36. The largest absolute Gasteiger partial charge is 0.435 e. The molecule has 8 nitrogen and oxygen atoms in total. The Morgan fingerprint density at radius 3 is 2.47 bits per heavy atom. The third-order valence-corrected chi connectivity index (χ3v) is 5.36. The van der Waals surface area contributed by atoms with Crippen LogP contribution < -0.4 is 15.5 Å². The minimum absolute atomic E-state index is 0.0998. The topological polar surface area (TPSA) is 88.0 Å². The number of nitrogens with zero attached hydrogens (tertiary/aromatic N) is 5. The molecule has 0 saturated carbocycles. The van der Waals surface area contributed by atoms with Crippen molar-refractivity contribution in [3.8, 4) is 0 Å². The maximum absolute atomic E-state index is 12.7. The second kappa shape index (κ2) is 8.13. The number of anilines is 3. The highest BCUT2D eigenvalue weighted by Crippen LogP contribution is 2.32. The van der Waals surface area contributed by atoms with Crippen molar-refractivity contribution in [1.82, 2.24) is 19.7 Å². The maximum atomic E-state index is 12.7. The number of benzene rings is 1. The predicted octanol–water partition coefficient (Wildman–Crippen LogP) is 3.44. The molecule has 168 valence electrons. The molecule has 0 fully saturated rings. The van der Waals surface area contributed by atoms with Crippen molar-refractivity contribution in [1.29, 1.82) is 0 Å². The molecule has 1 aliphatic heterocycles. The maximum Gasteiger partial charge on any atom is 0.435 e. The molecule has 0 saturated heterocycles. The van der Waals surface area contributed by atoms with Crippen LogP contribution >= 0.6 is 0 Å². The van der Waals surface area contributed by atoms with Gasteiger partial charge in [-0.25, -0.2) is 4.98 Å². The van der Waals surface area contributed by atoms with Crippen LogP contribution in [0.4, 0.5) is 30.6 Å². The summed E-state index contributed by atoms with van der Waals surface area (Å²) >= 11 is 0. The third kappa shape index (κ3) is 4.36. The number of carbonyl (C=O) groups is 1. The summed E-state index contributed by atoms with van der Waals surface area (Å²) in [4.78, 5) is 22.8. The van der Waals surface area contributed by atoms with Gasteiger partial charge in [-0.3, -0.25) is 9.48 Å². The number of halogens is 3. The minimum Gasteiger partial charge on any atom is -0.350 e. The quantitative estimate of drug-likeness (QED) is 0.626. The molecule has 3 aromatic rings.